The van der Waals surface area contributed by atoms with Gasteiger partial charge in [-0.3, -0.25) is 4.79 Å². The van der Waals surface area contributed by atoms with Crippen molar-refractivity contribution in [3.8, 4) is 5.75 Å². The Morgan fingerprint density at radius 3 is 2.57 bits per heavy atom. The molecule has 116 valence electrons. The molecule has 0 bridgehead atoms. The van der Waals surface area contributed by atoms with Gasteiger partial charge in [-0.15, -0.1) is 13.2 Å². The first-order chi connectivity index (χ1) is 9.65. The number of rotatable bonds is 5. The van der Waals surface area contributed by atoms with E-state index in [-0.39, 0.29) is 6.61 Å². The minimum Gasteiger partial charge on any atom is -0.466 e. The molecule has 1 aromatic heterocycles. The van der Waals surface area contributed by atoms with E-state index in [1.165, 1.54) is 6.92 Å². The lowest BCUT2D eigenvalue weighted by Crippen LogP contribution is -2.21. The van der Waals surface area contributed by atoms with Gasteiger partial charge in [-0.25, -0.2) is 4.39 Å². The molecule has 0 aliphatic carbocycles. The lowest BCUT2D eigenvalue weighted by molar-refractivity contribution is -0.393. The highest BCUT2D eigenvalue weighted by Crippen LogP contribution is 2.35. The van der Waals surface area contributed by atoms with Crippen LogP contribution in [0.15, 0.2) is 6.20 Å². The van der Waals surface area contributed by atoms with Crippen LogP contribution in [-0.2, 0) is 16.0 Å². The number of alkyl halides is 3. The molecule has 0 aliphatic heterocycles. The van der Waals surface area contributed by atoms with E-state index in [1.54, 1.807) is 0 Å². The van der Waals surface area contributed by atoms with Crippen molar-refractivity contribution in [3.05, 3.63) is 27.7 Å². The van der Waals surface area contributed by atoms with E-state index in [0.717, 1.165) is 0 Å². The predicted octanol–water partition coefficient (Wildman–Crippen LogP) is 2.13. The molecule has 0 amide bonds. The van der Waals surface area contributed by atoms with Gasteiger partial charge in [-0.2, -0.15) is 0 Å². The zero-order valence-electron chi connectivity index (χ0n) is 10.4. The van der Waals surface area contributed by atoms with Gasteiger partial charge in [0.25, 0.3) is 0 Å². The maximum absolute atomic E-state index is 13.5. The molecule has 1 heterocycles. The molecule has 0 aliphatic rings. The minimum atomic E-state index is -5.32. The fraction of sp³-hybridized carbons (Fsp3) is 0.400. The van der Waals surface area contributed by atoms with Crippen LogP contribution in [0.4, 0.5) is 23.4 Å². The molecule has 0 unspecified atom stereocenters. The van der Waals surface area contributed by atoms with Crippen molar-refractivity contribution < 1.29 is 36.8 Å². The van der Waals surface area contributed by atoms with Gasteiger partial charge in [0.15, 0.2) is 12.0 Å². The number of pyridine rings is 1. The number of nitro groups is 1. The highest BCUT2D eigenvalue weighted by Gasteiger charge is 2.38. The van der Waals surface area contributed by atoms with Gasteiger partial charge in [0.1, 0.15) is 0 Å². The fourth-order valence-corrected chi connectivity index (χ4v) is 1.37. The largest absolute Gasteiger partial charge is 0.573 e. The van der Waals surface area contributed by atoms with E-state index in [1.807, 2.05) is 0 Å². The van der Waals surface area contributed by atoms with E-state index in [0.29, 0.717) is 6.20 Å². The summed E-state index contributed by atoms with van der Waals surface area (Å²) in [6.45, 7) is 1.33. The molecule has 0 saturated carbocycles. The second-order valence-electron chi connectivity index (χ2n) is 3.52. The molecule has 1 rings (SSSR count). The smallest absolute Gasteiger partial charge is 0.466 e. The molecular weight excluding hydrogens is 304 g/mol. The molecule has 1 aromatic rings. The molecule has 0 radical (unpaired) electrons. The summed E-state index contributed by atoms with van der Waals surface area (Å²) in [5.41, 5.74) is -0.951. The quantitative estimate of drug-likeness (QED) is 0.358. The summed E-state index contributed by atoms with van der Waals surface area (Å²) in [5, 5.41) is 10.6. The number of aromatic nitrogens is 1. The van der Waals surface area contributed by atoms with Crippen LogP contribution in [0.1, 0.15) is 12.5 Å². The van der Waals surface area contributed by atoms with Crippen LogP contribution in [-0.4, -0.2) is 28.8 Å². The molecule has 11 heteroatoms. The summed E-state index contributed by atoms with van der Waals surface area (Å²) < 4.78 is 58.2. The SMILES string of the molecule is CCOC(=O)Cc1c(F)cnc([N+](=O)[O-])c1OC(F)(F)F. The average molecular weight is 312 g/mol. The Balaban J connectivity index is 3.34. The molecular formula is C10H8F4N2O5. The van der Waals surface area contributed by atoms with Gasteiger partial charge in [0.05, 0.1) is 18.6 Å². The number of nitrogens with zero attached hydrogens (tertiary/aromatic N) is 2. The zero-order chi connectivity index (χ0) is 16.2. The highest BCUT2D eigenvalue weighted by molar-refractivity contribution is 5.74. The minimum absolute atomic E-state index is 0.0942. The van der Waals surface area contributed by atoms with Crippen LogP contribution in [0.2, 0.25) is 0 Å². The van der Waals surface area contributed by atoms with E-state index in [2.05, 4.69) is 14.5 Å². The van der Waals surface area contributed by atoms with Crippen LogP contribution in [0, 0.1) is 15.9 Å². The number of carbonyl (C=O) groups excluding carboxylic acids is 1. The van der Waals surface area contributed by atoms with Crippen LogP contribution in [0.3, 0.4) is 0 Å². The summed E-state index contributed by atoms with van der Waals surface area (Å²) >= 11 is 0. The molecule has 0 spiro atoms. The summed E-state index contributed by atoms with van der Waals surface area (Å²) in [4.78, 5) is 23.5. The highest BCUT2D eigenvalue weighted by atomic mass is 19.4. The number of hydrogen-bond acceptors (Lipinski definition) is 6. The van der Waals surface area contributed by atoms with E-state index < -0.39 is 46.6 Å². The maximum Gasteiger partial charge on any atom is 0.573 e. The van der Waals surface area contributed by atoms with Crippen LogP contribution in [0.25, 0.3) is 0 Å². The summed E-state index contributed by atoms with van der Waals surface area (Å²) in [5.74, 6) is -5.24. The third-order valence-electron chi connectivity index (χ3n) is 2.08. The topological polar surface area (TPSA) is 91.6 Å². The second-order valence-corrected chi connectivity index (χ2v) is 3.52. The van der Waals surface area contributed by atoms with Crippen molar-refractivity contribution in [1.82, 2.24) is 4.98 Å². The molecule has 0 aromatic carbocycles. The number of carbonyl (C=O) groups is 1. The first-order valence-electron chi connectivity index (χ1n) is 5.38. The maximum atomic E-state index is 13.5. The lowest BCUT2D eigenvalue weighted by Gasteiger charge is -2.12. The third-order valence-corrected chi connectivity index (χ3v) is 2.08. The Morgan fingerprint density at radius 2 is 2.10 bits per heavy atom. The van der Waals surface area contributed by atoms with Crippen LogP contribution < -0.4 is 4.74 Å². The van der Waals surface area contributed by atoms with E-state index in [4.69, 9.17) is 0 Å². The van der Waals surface area contributed by atoms with E-state index >= 15 is 0 Å². The van der Waals surface area contributed by atoms with Crippen LogP contribution >= 0.6 is 0 Å². The zero-order valence-corrected chi connectivity index (χ0v) is 10.4. The predicted molar refractivity (Wildman–Crippen MR) is 57.9 cm³/mol. The van der Waals surface area contributed by atoms with Crippen molar-refractivity contribution in [2.45, 2.75) is 19.7 Å². The molecule has 21 heavy (non-hydrogen) atoms. The van der Waals surface area contributed by atoms with Gasteiger partial charge >= 0.3 is 18.1 Å². The standard InChI is InChI=1S/C10H8F4N2O5/c1-2-20-7(17)3-5-6(11)4-15-9(16(18)19)8(5)21-10(12,13)14/h4H,2-3H2,1H3. The first kappa shape index (κ1) is 16.6. The average Bonchev–Trinajstić information content (AvgIpc) is 2.32. The van der Waals surface area contributed by atoms with Gasteiger partial charge in [0.2, 0.25) is 5.75 Å². The monoisotopic (exact) mass is 312 g/mol. The lowest BCUT2D eigenvalue weighted by atomic mass is 10.1. The Kier molecular flexibility index (Phi) is 5.00. The summed E-state index contributed by atoms with van der Waals surface area (Å²) in [6.07, 6.45) is -5.95. The number of hydrogen-bond donors (Lipinski definition) is 0. The number of esters is 1. The van der Waals surface area contributed by atoms with Gasteiger partial charge < -0.3 is 19.6 Å². The Hall–Kier alpha value is -2.46. The van der Waals surface area contributed by atoms with Crippen molar-refractivity contribution in [3.63, 3.8) is 0 Å². The number of ether oxygens (including phenoxy) is 2. The van der Waals surface area contributed by atoms with Gasteiger partial charge in [0, 0.05) is 0 Å². The van der Waals surface area contributed by atoms with Crippen molar-refractivity contribution in [2.24, 2.45) is 0 Å². The fourth-order valence-electron chi connectivity index (χ4n) is 1.37. The summed E-state index contributed by atoms with van der Waals surface area (Å²) in [7, 11) is 0. The van der Waals surface area contributed by atoms with E-state index in [9.17, 15) is 32.5 Å². The van der Waals surface area contributed by atoms with Crippen molar-refractivity contribution in [1.29, 1.82) is 0 Å². The summed E-state index contributed by atoms with van der Waals surface area (Å²) in [6, 6.07) is 0. The van der Waals surface area contributed by atoms with Crippen molar-refractivity contribution in [2.75, 3.05) is 6.61 Å². The van der Waals surface area contributed by atoms with Crippen molar-refractivity contribution >= 4 is 11.8 Å². The molecule has 7 nitrogen and oxygen atoms in total. The van der Waals surface area contributed by atoms with Gasteiger partial charge in [-0.1, -0.05) is 0 Å². The molecule has 0 N–H and O–H groups in total. The molecule has 0 saturated heterocycles. The second kappa shape index (κ2) is 6.33. The van der Waals surface area contributed by atoms with Crippen LogP contribution in [0.5, 0.6) is 5.75 Å². The Morgan fingerprint density at radius 1 is 1.48 bits per heavy atom. The Labute approximate surface area is 114 Å². The number of halogens is 4. The first-order valence-corrected chi connectivity index (χ1v) is 5.38. The normalized spacial score (nSPS) is 11.1. The molecule has 0 atom stereocenters. The third kappa shape index (κ3) is 4.54. The molecule has 0 fully saturated rings. The van der Waals surface area contributed by atoms with Gasteiger partial charge in [-0.05, 0) is 16.8 Å². The Bertz CT molecular complexity index is 561.